The molecule has 7 nitrogen and oxygen atoms in total. The van der Waals surface area contributed by atoms with Gasteiger partial charge in [0.1, 0.15) is 5.82 Å². The minimum Gasteiger partial charge on any atom is -0.381 e. The summed E-state index contributed by atoms with van der Waals surface area (Å²) in [6, 6.07) is 21.4. The van der Waals surface area contributed by atoms with E-state index in [2.05, 4.69) is 76.1 Å². The minimum atomic E-state index is -0.382. The number of aromatic nitrogens is 1. The van der Waals surface area contributed by atoms with Crippen LogP contribution in [0.25, 0.3) is 0 Å². The summed E-state index contributed by atoms with van der Waals surface area (Å²) in [5.74, 6) is 0.323. The predicted molar refractivity (Wildman–Crippen MR) is 135 cm³/mol. The Hall–Kier alpha value is -3.58. The third-order valence-electron chi connectivity index (χ3n) is 5.74. The molecular formula is C26H32N6O. The van der Waals surface area contributed by atoms with Crippen molar-refractivity contribution in [3.63, 3.8) is 0 Å². The molecule has 2 aromatic carbocycles. The molecule has 2 atom stereocenters. The highest BCUT2D eigenvalue weighted by Crippen LogP contribution is 2.25. The van der Waals surface area contributed by atoms with Crippen molar-refractivity contribution < 1.29 is 4.79 Å². The Bertz CT molecular complexity index is 1060. The molecule has 0 bridgehead atoms. The van der Waals surface area contributed by atoms with Gasteiger partial charge in [-0.15, -0.1) is 0 Å². The van der Waals surface area contributed by atoms with Crippen LogP contribution in [0.1, 0.15) is 25.0 Å². The van der Waals surface area contributed by atoms with Gasteiger partial charge in [0, 0.05) is 66.6 Å². The van der Waals surface area contributed by atoms with E-state index in [1.54, 1.807) is 6.20 Å². The van der Waals surface area contributed by atoms with E-state index >= 15 is 0 Å². The summed E-state index contributed by atoms with van der Waals surface area (Å²) >= 11 is 0. The molecule has 3 aromatic rings. The lowest BCUT2D eigenvalue weighted by molar-refractivity contribution is -0.117. The molecule has 1 aliphatic heterocycles. The number of carbonyl (C=O) groups excluding carboxylic acids is 1. The van der Waals surface area contributed by atoms with Crippen molar-refractivity contribution >= 4 is 28.8 Å². The maximum atomic E-state index is 11.5. The summed E-state index contributed by atoms with van der Waals surface area (Å²) in [5, 5.41) is 10.4. The van der Waals surface area contributed by atoms with Crippen LogP contribution in [-0.2, 0) is 17.8 Å². The van der Waals surface area contributed by atoms with E-state index in [0.717, 1.165) is 35.6 Å². The molecule has 1 amide bonds. The van der Waals surface area contributed by atoms with E-state index in [-0.39, 0.29) is 12.3 Å². The first-order valence-corrected chi connectivity index (χ1v) is 11.4. The smallest absolute Gasteiger partial charge is 0.221 e. The molecule has 2 heterocycles. The molecule has 7 heteroatoms. The normalized spacial score (nSPS) is 18.1. The summed E-state index contributed by atoms with van der Waals surface area (Å²) < 4.78 is 0. The SMILES string of the molecule is C[C@@H]1CN(c2ccc(Nc3cc(NCc4ccccc4)c(CC(N)=O)cn3)cc2)C[C@H](C)N1. The molecule has 0 aliphatic carbocycles. The Morgan fingerprint density at radius 3 is 2.45 bits per heavy atom. The van der Waals surface area contributed by atoms with Crippen LogP contribution in [0.5, 0.6) is 0 Å². The Morgan fingerprint density at radius 1 is 1.09 bits per heavy atom. The van der Waals surface area contributed by atoms with Crippen LogP contribution in [0.15, 0.2) is 66.9 Å². The fraction of sp³-hybridized carbons (Fsp3) is 0.308. The van der Waals surface area contributed by atoms with Gasteiger partial charge in [-0.3, -0.25) is 4.79 Å². The van der Waals surface area contributed by atoms with Gasteiger partial charge in [0.2, 0.25) is 5.91 Å². The van der Waals surface area contributed by atoms with Crippen molar-refractivity contribution in [1.29, 1.82) is 0 Å². The topological polar surface area (TPSA) is 95.3 Å². The number of carbonyl (C=O) groups is 1. The Kier molecular flexibility index (Phi) is 7.10. The minimum absolute atomic E-state index is 0.140. The average Bonchev–Trinajstić information content (AvgIpc) is 2.79. The van der Waals surface area contributed by atoms with E-state index in [4.69, 9.17) is 5.73 Å². The number of amides is 1. The van der Waals surface area contributed by atoms with Crippen LogP contribution in [0.3, 0.4) is 0 Å². The molecule has 1 aliphatic rings. The molecule has 1 saturated heterocycles. The first kappa shape index (κ1) is 22.6. The monoisotopic (exact) mass is 444 g/mol. The maximum absolute atomic E-state index is 11.5. The number of benzene rings is 2. The Labute approximate surface area is 195 Å². The number of nitrogens with zero attached hydrogens (tertiary/aromatic N) is 2. The average molecular weight is 445 g/mol. The fourth-order valence-electron chi connectivity index (χ4n) is 4.28. The lowest BCUT2D eigenvalue weighted by Gasteiger charge is -2.37. The quantitative estimate of drug-likeness (QED) is 0.424. The maximum Gasteiger partial charge on any atom is 0.221 e. The van der Waals surface area contributed by atoms with E-state index in [1.807, 2.05) is 24.3 Å². The van der Waals surface area contributed by atoms with Crippen LogP contribution in [0, 0.1) is 0 Å². The highest BCUT2D eigenvalue weighted by molar-refractivity contribution is 5.79. The number of piperazine rings is 1. The number of rotatable bonds is 8. The van der Waals surface area contributed by atoms with Crippen molar-refractivity contribution in [3.05, 3.63) is 78.0 Å². The summed E-state index contributed by atoms with van der Waals surface area (Å²) in [7, 11) is 0. The van der Waals surface area contributed by atoms with Gasteiger partial charge in [-0.25, -0.2) is 4.98 Å². The number of pyridine rings is 1. The van der Waals surface area contributed by atoms with Crippen LogP contribution >= 0.6 is 0 Å². The van der Waals surface area contributed by atoms with E-state index in [0.29, 0.717) is 24.4 Å². The number of hydrogen-bond donors (Lipinski definition) is 4. The summed E-state index contributed by atoms with van der Waals surface area (Å²) in [4.78, 5) is 18.4. The van der Waals surface area contributed by atoms with Crippen molar-refractivity contribution in [2.45, 2.75) is 38.9 Å². The lowest BCUT2D eigenvalue weighted by Crippen LogP contribution is -2.54. The summed E-state index contributed by atoms with van der Waals surface area (Å²) in [6.07, 6.45) is 1.85. The van der Waals surface area contributed by atoms with Crippen LogP contribution in [-0.4, -0.2) is 36.1 Å². The lowest BCUT2D eigenvalue weighted by atomic mass is 10.1. The second-order valence-corrected chi connectivity index (χ2v) is 8.75. The van der Waals surface area contributed by atoms with Gasteiger partial charge in [-0.05, 0) is 43.7 Å². The molecule has 4 rings (SSSR count). The molecule has 0 saturated carbocycles. The third kappa shape index (κ3) is 6.23. The number of primary amides is 1. The van der Waals surface area contributed by atoms with Gasteiger partial charge in [-0.2, -0.15) is 0 Å². The largest absolute Gasteiger partial charge is 0.381 e. The van der Waals surface area contributed by atoms with Crippen molar-refractivity contribution in [2.24, 2.45) is 5.73 Å². The highest BCUT2D eigenvalue weighted by Gasteiger charge is 2.21. The second-order valence-electron chi connectivity index (χ2n) is 8.75. The molecule has 0 spiro atoms. The van der Waals surface area contributed by atoms with Gasteiger partial charge in [0.15, 0.2) is 0 Å². The first-order chi connectivity index (χ1) is 16.0. The van der Waals surface area contributed by atoms with Gasteiger partial charge in [0.25, 0.3) is 0 Å². The molecule has 1 aromatic heterocycles. The van der Waals surface area contributed by atoms with Gasteiger partial charge in [0.05, 0.1) is 6.42 Å². The van der Waals surface area contributed by atoms with Crippen LogP contribution in [0.4, 0.5) is 22.9 Å². The third-order valence-corrected chi connectivity index (χ3v) is 5.74. The van der Waals surface area contributed by atoms with Crippen LogP contribution < -0.4 is 26.6 Å². The summed E-state index contributed by atoms with van der Waals surface area (Å²) in [6.45, 7) is 7.07. The molecule has 5 N–H and O–H groups in total. The molecule has 1 fully saturated rings. The Balaban J connectivity index is 1.47. The molecule has 172 valence electrons. The molecule has 33 heavy (non-hydrogen) atoms. The predicted octanol–water partition coefficient (Wildman–Crippen LogP) is 3.65. The molecule has 0 radical (unpaired) electrons. The van der Waals surface area contributed by atoms with E-state index in [1.165, 1.54) is 5.69 Å². The fourth-order valence-corrected chi connectivity index (χ4v) is 4.28. The zero-order chi connectivity index (χ0) is 23.2. The number of hydrogen-bond acceptors (Lipinski definition) is 6. The van der Waals surface area contributed by atoms with Crippen molar-refractivity contribution in [3.8, 4) is 0 Å². The van der Waals surface area contributed by atoms with Gasteiger partial charge in [-0.1, -0.05) is 30.3 Å². The number of nitrogens with one attached hydrogen (secondary N) is 3. The molecular weight excluding hydrogens is 412 g/mol. The first-order valence-electron chi connectivity index (χ1n) is 11.4. The number of anilines is 4. The zero-order valence-corrected chi connectivity index (χ0v) is 19.2. The van der Waals surface area contributed by atoms with Crippen molar-refractivity contribution in [2.75, 3.05) is 28.6 Å². The summed E-state index contributed by atoms with van der Waals surface area (Å²) in [5.41, 5.74) is 10.4. The van der Waals surface area contributed by atoms with E-state index in [9.17, 15) is 4.79 Å². The van der Waals surface area contributed by atoms with Gasteiger partial charge < -0.3 is 26.6 Å². The standard InChI is InChI=1S/C26H32N6O/c1-18-16-32(17-19(2)30-18)23-10-8-22(9-11-23)31-26-13-24(21(15-29-26)12-25(27)33)28-14-20-6-4-3-5-7-20/h3-11,13,15,18-19,30H,12,14,16-17H2,1-2H3,(H2,27,33)(H2,28,29,31)/t18-,19+. The highest BCUT2D eigenvalue weighted by atomic mass is 16.1. The number of nitrogens with two attached hydrogens (primary N) is 1. The van der Waals surface area contributed by atoms with E-state index < -0.39 is 0 Å². The van der Waals surface area contributed by atoms with Crippen LogP contribution in [0.2, 0.25) is 0 Å². The van der Waals surface area contributed by atoms with Gasteiger partial charge >= 0.3 is 0 Å². The second kappa shape index (κ2) is 10.4. The zero-order valence-electron chi connectivity index (χ0n) is 19.2. The molecule has 0 unspecified atom stereocenters. The van der Waals surface area contributed by atoms with Crippen molar-refractivity contribution in [1.82, 2.24) is 10.3 Å². The Morgan fingerprint density at radius 2 is 1.79 bits per heavy atom.